The highest BCUT2D eigenvalue weighted by Crippen LogP contribution is 2.37. The minimum atomic E-state index is 0.166. The molecule has 0 spiro atoms. The van der Waals surface area contributed by atoms with E-state index < -0.39 is 0 Å². The number of anilines is 1. The molecule has 0 saturated carbocycles. The molecule has 4 rings (SSSR count). The van der Waals surface area contributed by atoms with E-state index in [1.807, 2.05) is 6.07 Å². The maximum absolute atomic E-state index is 5.65. The molecule has 4 nitrogen and oxygen atoms in total. The third kappa shape index (κ3) is 2.98. The van der Waals surface area contributed by atoms with Gasteiger partial charge < -0.3 is 11.1 Å². The van der Waals surface area contributed by atoms with Gasteiger partial charge in [0.15, 0.2) is 5.11 Å². The molecule has 1 aromatic heterocycles. The summed E-state index contributed by atoms with van der Waals surface area (Å²) in [5.74, 6) is 0.444. The van der Waals surface area contributed by atoms with Gasteiger partial charge >= 0.3 is 0 Å². The predicted molar refractivity (Wildman–Crippen MR) is 105 cm³/mol. The van der Waals surface area contributed by atoms with Crippen LogP contribution in [-0.4, -0.2) is 15.1 Å². The standard InChI is InChI=1S/C20H18N4S/c1-12-5-4-7-14(11-12)17-16-10-9-13-6-2-3-8-15(13)18(16)23-20(22-17)24-19(21)25/h2-8,11H,9-10H2,1H3,(H3,21,22,23,24,25). The summed E-state index contributed by atoms with van der Waals surface area (Å²) in [7, 11) is 0. The van der Waals surface area contributed by atoms with E-state index in [0.29, 0.717) is 5.95 Å². The van der Waals surface area contributed by atoms with Crippen molar-refractivity contribution in [3.8, 4) is 22.5 Å². The molecule has 0 radical (unpaired) electrons. The smallest absolute Gasteiger partial charge is 0.230 e. The van der Waals surface area contributed by atoms with Gasteiger partial charge in [-0.15, -0.1) is 0 Å². The van der Waals surface area contributed by atoms with Crippen LogP contribution in [-0.2, 0) is 12.8 Å². The van der Waals surface area contributed by atoms with Crippen LogP contribution in [0.2, 0.25) is 0 Å². The van der Waals surface area contributed by atoms with Gasteiger partial charge in [-0.3, -0.25) is 0 Å². The normalized spacial score (nSPS) is 12.2. The number of rotatable bonds is 2. The van der Waals surface area contributed by atoms with Gasteiger partial charge in [-0.2, -0.15) is 0 Å². The molecule has 2 aromatic carbocycles. The second-order valence-electron chi connectivity index (χ2n) is 6.24. The summed E-state index contributed by atoms with van der Waals surface area (Å²) < 4.78 is 0. The Morgan fingerprint density at radius 1 is 1.04 bits per heavy atom. The molecule has 1 aliphatic carbocycles. The Kier molecular flexibility index (Phi) is 3.93. The summed E-state index contributed by atoms with van der Waals surface area (Å²) in [4.78, 5) is 9.43. The lowest BCUT2D eigenvalue weighted by molar-refractivity contribution is 0.916. The Morgan fingerprint density at radius 2 is 1.84 bits per heavy atom. The first-order chi connectivity index (χ1) is 12.1. The maximum atomic E-state index is 5.65. The number of hydrogen-bond donors (Lipinski definition) is 2. The van der Waals surface area contributed by atoms with Crippen LogP contribution in [0, 0.1) is 6.92 Å². The molecule has 0 aliphatic heterocycles. The summed E-state index contributed by atoms with van der Waals surface area (Å²) in [6.45, 7) is 2.08. The minimum absolute atomic E-state index is 0.166. The molecule has 0 atom stereocenters. The van der Waals surface area contributed by atoms with Gasteiger partial charge in [-0.25, -0.2) is 9.97 Å². The first-order valence-corrected chi connectivity index (χ1v) is 8.65. The van der Waals surface area contributed by atoms with E-state index in [9.17, 15) is 0 Å². The number of hydrogen-bond acceptors (Lipinski definition) is 3. The van der Waals surface area contributed by atoms with Crippen LogP contribution in [0.5, 0.6) is 0 Å². The van der Waals surface area contributed by atoms with Gasteiger partial charge in [-0.1, -0.05) is 48.0 Å². The second kappa shape index (κ2) is 6.26. The monoisotopic (exact) mass is 346 g/mol. The molecule has 5 heteroatoms. The SMILES string of the molecule is Cc1cccc(-c2nc(NC(N)=S)nc3c2CCc2ccccc2-3)c1. The average Bonchev–Trinajstić information content (AvgIpc) is 2.60. The van der Waals surface area contributed by atoms with E-state index in [1.54, 1.807) is 0 Å². The maximum Gasteiger partial charge on any atom is 0.230 e. The number of aryl methyl sites for hydroxylation is 2. The fourth-order valence-electron chi connectivity index (χ4n) is 3.37. The largest absolute Gasteiger partial charge is 0.376 e. The van der Waals surface area contributed by atoms with E-state index in [0.717, 1.165) is 35.4 Å². The summed E-state index contributed by atoms with van der Waals surface area (Å²) in [5, 5.41) is 3.06. The van der Waals surface area contributed by atoms with Crippen LogP contribution in [0.15, 0.2) is 48.5 Å². The summed E-state index contributed by atoms with van der Waals surface area (Å²) >= 11 is 4.98. The van der Waals surface area contributed by atoms with Crippen molar-refractivity contribution >= 4 is 23.3 Å². The van der Waals surface area contributed by atoms with Crippen LogP contribution in [0.1, 0.15) is 16.7 Å². The molecule has 1 aliphatic rings. The van der Waals surface area contributed by atoms with Crippen molar-refractivity contribution in [2.24, 2.45) is 5.73 Å². The molecule has 0 saturated heterocycles. The summed E-state index contributed by atoms with van der Waals surface area (Å²) in [6, 6.07) is 16.8. The Labute approximate surface area is 152 Å². The molecule has 25 heavy (non-hydrogen) atoms. The zero-order valence-corrected chi connectivity index (χ0v) is 14.7. The van der Waals surface area contributed by atoms with Crippen LogP contribution in [0.3, 0.4) is 0 Å². The molecule has 0 fully saturated rings. The lowest BCUT2D eigenvalue weighted by Gasteiger charge is -2.22. The van der Waals surface area contributed by atoms with Gasteiger partial charge in [0, 0.05) is 16.7 Å². The third-order valence-electron chi connectivity index (χ3n) is 4.45. The number of benzene rings is 2. The minimum Gasteiger partial charge on any atom is -0.376 e. The van der Waals surface area contributed by atoms with Crippen LogP contribution < -0.4 is 11.1 Å². The number of thiocarbonyl (C=S) groups is 1. The fraction of sp³-hybridized carbons (Fsp3) is 0.150. The first-order valence-electron chi connectivity index (χ1n) is 8.24. The fourth-order valence-corrected chi connectivity index (χ4v) is 3.46. The third-order valence-corrected chi connectivity index (χ3v) is 4.55. The molecule has 124 valence electrons. The molecule has 0 bridgehead atoms. The molecule has 0 unspecified atom stereocenters. The van der Waals surface area contributed by atoms with Gasteiger partial charge in [0.25, 0.3) is 0 Å². The van der Waals surface area contributed by atoms with Crippen molar-refractivity contribution in [3.63, 3.8) is 0 Å². The Hall–Kier alpha value is -2.79. The lowest BCUT2D eigenvalue weighted by atomic mass is 9.87. The predicted octanol–water partition coefficient (Wildman–Crippen LogP) is 3.87. The molecule has 3 N–H and O–H groups in total. The van der Waals surface area contributed by atoms with Crippen molar-refractivity contribution in [1.29, 1.82) is 0 Å². The molecule has 1 heterocycles. The van der Waals surface area contributed by atoms with Crippen LogP contribution in [0.25, 0.3) is 22.5 Å². The number of nitrogens with one attached hydrogen (secondary N) is 1. The van der Waals surface area contributed by atoms with Crippen molar-refractivity contribution in [1.82, 2.24) is 9.97 Å². The molecular formula is C20H18N4S. The van der Waals surface area contributed by atoms with E-state index in [-0.39, 0.29) is 5.11 Å². The van der Waals surface area contributed by atoms with Crippen LogP contribution >= 0.6 is 12.2 Å². The number of nitrogens with zero attached hydrogens (tertiary/aromatic N) is 2. The first kappa shape index (κ1) is 15.7. The Balaban J connectivity index is 1.97. The highest BCUT2D eigenvalue weighted by atomic mass is 32.1. The molecular weight excluding hydrogens is 328 g/mol. The number of fused-ring (bicyclic) bond motifs is 3. The zero-order chi connectivity index (χ0) is 17.4. The van der Waals surface area contributed by atoms with Crippen molar-refractivity contribution in [2.75, 3.05) is 5.32 Å². The van der Waals surface area contributed by atoms with Gasteiger partial charge in [0.05, 0.1) is 11.4 Å². The van der Waals surface area contributed by atoms with Gasteiger partial charge in [0.1, 0.15) is 0 Å². The zero-order valence-electron chi connectivity index (χ0n) is 13.9. The second-order valence-corrected chi connectivity index (χ2v) is 6.68. The highest BCUT2D eigenvalue weighted by molar-refractivity contribution is 7.80. The number of aromatic nitrogens is 2. The number of nitrogens with two attached hydrogens (primary N) is 1. The summed E-state index contributed by atoms with van der Waals surface area (Å²) in [5.41, 5.74) is 13.5. The highest BCUT2D eigenvalue weighted by Gasteiger charge is 2.23. The molecule has 3 aromatic rings. The van der Waals surface area contributed by atoms with E-state index >= 15 is 0 Å². The average molecular weight is 346 g/mol. The quantitative estimate of drug-likeness (QED) is 0.690. The Bertz CT molecular complexity index is 981. The van der Waals surface area contributed by atoms with E-state index in [4.69, 9.17) is 27.9 Å². The molecule has 0 amide bonds. The summed E-state index contributed by atoms with van der Waals surface area (Å²) in [6.07, 6.45) is 1.91. The van der Waals surface area contributed by atoms with Gasteiger partial charge in [-0.05, 0) is 43.6 Å². The topological polar surface area (TPSA) is 63.8 Å². The van der Waals surface area contributed by atoms with Crippen molar-refractivity contribution in [3.05, 3.63) is 65.2 Å². The van der Waals surface area contributed by atoms with Crippen LogP contribution in [0.4, 0.5) is 5.95 Å². The van der Waals surface area contributed by atoms with E-state index in [1.165, 1.54) is 16.7 Å². The Morgan fingerprint density at radius 3 is 2.64 bits per heavy atom. The van der Waals surface area contributed by atoms with Crippen molar-refractivity contribution in [2.45, 2.75) is 19.8 Å². The van der Waals surface area contributed by atoms with Gasteiger partial charge in [0.2, 0.25) is 5.95 Å². The van der Waals surface area contributed by atoms with E-state index in [2.05, 4.69) is 54.7 Å². The lowest BCUT2D eigenvalue weighted by Crippen LogP contribution is -2.22. The van der Waals surface area contributed by atoms with Crippen molar-refractivity contribution < 1.29 is 0 Å².